The molecule has 0 bridgehead atoms. The van der Waals surface area contributed by atoms with Crippen LogP contribution in [-0.2, 0) is 7.05 Å². The second-order valence-corrected chi connectivity index (χ2v) is 8.89. The van der Waals surface area contributed by atoms with Crippen LogP contribution >= 0.6 is 0 Å². The zero-order chi connectivity index (χ0) is 23.9. The maximum absolute atomic E-state index is 9.93. The Kier molecular flexibility index (Phi) is 4.94. The molecule has 0 atom stereocenters. The lowest BCUT2D eigenvalue weighted by atomic mass is 9.95. The average molecular weight is 452 g/mol. The molecule has 2 aromatic heterocycles. The lowest BCUT2D eigenvalue weighted by Gasteiger charge is -2.06. The van der Waals surface area contributed by atoms with Gasteiger partial charge < -0.3 is 4.42 Å². The van der Waals surface area contributed by atoms with Gasteiger partial charge in [-0.25, -0.2) is 4.57 Å². The first-order valence-corrected chi connectivity index (χ1v) is 11.6. The van der Waals surface area contributed by atoms with Gasteiger partial charge in [-0.15, -0.1) is 0 Å². The van der Waals surface area contributed by atoms with Gasteiger partial charge in [0.25, 0.3) is 0 Å². The Morgan fingerprint density at radius 1 is 0.743 bits per heavy atom. The van der Waals surface area contributed by atoms with Crippen molar-refractivity contribution in [2.24, 2.45) is 7.05 Å². The zero-order valence-corrected chi connectivity index (χ0v) is 19.6. The molecular weight excluding hydrogens is 428 g/mol. The standard InChI is InChI=1S/C32H23N2O/c1-21-17-26(20-33)31-27-15-14-25(24-12-8-11-23(18-24)22-9-4-3-5-10-22)19-29(27)35-32(31)30(21)28-13-6-7-16-34(28)2/h3-19H,1-2H3/q+1. The molecule has 3 heteroatoms. The second kappa shape index (κ2) is 8.27. The van der Waals surface area contributed by atoms with Crippen LogP contribution in [0.2, 0.25) is 0 Å². The minimum Gasteiger partial charge on any atom is -0.455 e. The van der Waals surface area contributed by atoms with Gasteiger partial charge in [0.15, 0.2) is 11.8 Å². The number of pyridine rings is 1. The zero-order valence-electron chi connectivity index (χ0n) is 19.6. The molecule has 2 heterocycles. The summed E-state index contributed by atoms with van der Waals surface area (Å²) in [5, 5.41) is 11.8. The van der Waals surface area contributed by atoms with Crippen molar-refractivity contribution in [3.63, 3.8) is 0 Å². The third kappa shape index (κ3) is 3.48. The van der Waals surface area contributed by atoms with Crippen molar-refractivity contribution in [2.75, 3.05) is 0 Å². The summed E-state index contributed by atoms with van der Waals surface area (Å²) in [5.74, 6) is 0. The van der Waals surface area contributed by atoms with Crippen molar-refractivity contribution < 1.29 is 8.98 Å². The van der Waals surface area contributed by atoms with Crippen LogP contribution < -0.4 is 4.57 Å². The van der Waals surface area contributed by atoms with Gasteiger partial charge in [0, 0.05) is 22.9 Å². The minimum absolute atomic E-state index is 0.636. The Morgan fingerprint density at radius 3 is 2.23 bits per heavy atom. The molecule has 0 aliphatic heterocycles. The summed E-state index contributed by atoms with van der Waals surface area (Å²) in [5.41, 5.74) is 9.83. The fraction of sp³-hybridized carbons (Fsp3) is 0.0625. The molecule has 0 saturated heterocycles. The van der Waals surface area contributed by atoms with Gasteiger partial charge in [0.05, 0.1) is 17.2 Å². The molecule has 0 radical (unpaired) electrons. The van der Waals surface area contributed by atoms with E-state index in [1.807, 2.05) is 44.4 Å². The predicted molar refractivity (Wildman–Crippen MR) is 141 cm³/mol. The summed E-state index contributed by atoms with van der Waals surface area (Å²) in [6.07, 6.45) is 2.03. The molecular formula is C32H23N2O+. The largest absolute Gasteiger partial charge is 0.455 e. The number of nitriles is 1. The third-order valence-corrected chi connectivity index (χ3v) is 6.68. The van der Waals surface area contributed by atoms with Crippen molar-refractivity contribution in [3.05, 3.63) is 114 Å². The molecule has 0 unspecified atom stereocenters. The Labute approximate surface area is 204 Å². The van der Waals surface area contributed by atoms with E-state index in [4.69, 9.17) is 4.42 Å². The number of hydrogen-bond donors (Lipinski definition) is 0. The van der Waals surface area contributed by atoms with Gasteiger partial charge in [-0.05, 0) is 65.1 Å². The number of aryl methyl sites for hydroxylation is 2. The van der Waals surface area contributed by atoms with E-state index in [1.54, 1.807) is 0 Å². The topological polar surface area (TPSA) is 40.8 Å². The summed E-state index contributed by atoms with van der Waals surface area (Å²) in [4.78, 5) is 0. The molecule has 35 heavy (non-hydrogen) atoms. The van der Waals surface area contributed by atoms with Crippen LogP contribution in [0.5, 0.6) is 0 Å². The molecule has 4 aromatic carbocycles. The average Bonchev–Trinajstić information content (AvgIpc) is 3.28. The number of benzene rings is 4. The molecule has 0 aliphatic carbocycles. The highest BCUT2D eigenvalue weighted by Crippen LogP contribution is 2.40. The first-order chi connectivity index (χ1) is 17.1. The maximum Gasteiger partial charge on any atom is 0.216 e. The molecule has 0 fully saturated rings. The minimum atomic E-state index is 0.636. The quantitative estimate of drug-likeness (QED) is 0.260. The highest BCUT2D eigenvalue weighted by Gasteiger charge is 2.23. The second-order valence-electron chi connectivity index (χ2n) is 8.89. The SMILES string of the molecule is Cc1cc(C#N)c2c(oc3cc(-c4cccc(-c5ccccc5)c4)ccc32)c1-c1cccc[n+]1C. The Hall–Kier alpha value is -4.68. The molecule has 6 rings (SSSR count). The third-order valence-electron chi connectivity index (χ3n) is 6.68. The number of fused-ring (bicyclic) bond motifs is 3. The molecule has 6 aromatic rings. The number of aromatic nitrogens is 1. The van der Waals surface area contributed by atoms with E-state index in [-0.39, 0.29) is 0 Å². The Morgan fingerprint density at radius 2 is 1.46 bits per heavy atom. The van der Waals surface area contributed by atoms with Crippen molar-refractivity contribution >= 4 is 21.9 Å². The van der Waals surface area contributed by atoms with Gasteiger partial charge in [-0.1, -0.05) is 54.6 Å². The van der Waals surface area contributed by atoms with Gasteiger partial charge >= 0.3 is 0 Å². The van der Waals surface area contributed by atoms with Crippen LogP contribution in [0.25, 0.3) is 55.4 Å². The fourth-order valence-corrected chi connectivity index (χ4v) is 4.96. The van der Waals surface area contributed by atoms with Gasteiger partial charge in [0.1, 0.15) is 12.6 Å². The normalized spacial score (nSPS) is 11.1. The Bertz CT molecular complexity index is 1770. The van der Waals surface area contributed by atoms with E-state index in [9.17, 15) is 5.26 Å². The number of hydrogen-bond acceptors (Lipinski definition) is 2. The van der Waals surface area contributed by atoms with E-state index in [1.165, 1.54) is 11.1 Å². The smallest absolute Gasteiger partial charge is 0.216 e. The van der Waals surface area contributed by atoms with Crippen LogP contribution in [0.15, 0.2) is 108 Å². The maximum atomic E-state index is 9.93. The molecule has 0 spiro atoms. The van der Waals surface area contributed by atoms with Gasteiger partial charge in [0.2, 0.25) is 5.69 Å². The Balaban J connectivity index is 1.57. The summed E-state index contributed by atoms with van der Waals surface area (Å²) >= 11 is 0. The highest BCUT2D eigenvalue weighted by atomic mass is 16.3. The van der Waals surface area contributed by atoms with Crippen LogP contribution in [0, 0.1) is 18.3 Å². The molecule has 0 aliphatic rings. The van der Waals surface area contributed by atoms with Crippen molar-refractivity contribution in [1.82, 2.24) is 0 Å². The number of furan rings is 1. The van der Waals surface area contributed by atoms with E-state index >= 15 is 0 Å². The molecule has 166 valence electrons. The van der Waals surface area contributed by atoms with E-state index in [2.05, 4.69) is 83.4 Å². The monoisotopic (exact) mass is 451 g/mol. The van der Waals surface area contributed by atoms with E-state index < -0.39 is 0 Å². The van der Waals surface area contributed by atoms with Crippen molar-refractivity contribution in [1.29, 1.82) is 5.26 Å². The predicted octanol–water partition coefficient (Wildman–Crippen LogP) is 7.59. The van der Waals surface area contributed by atoms with Crippen LogP contribution in [-0.4, -0.2) is 0 Å². The van der Waals surface area contributed by atoms with Gasteiger partial charge in [-0.2, -0.15) is 5.26 Å². The summed E-state index contributed by atoms with van der Waals surface area (Å²) in [6.45, 7) is 2.04. The summed E-state index contributed by atoms with van der Waals surface area (Å²) < 4.78 is 8.61. The summed E-state index contributed by atoms with van der Waals surface area (Å²) in [7, 11) is 2.03. The van der Waals surface area contributed by atoms with Crippen molar-refractivity contribution in [2.45, 2.75) is 6.92 Å². The number of rotatable bonds is 3. The van der Waals surface area contributed by atoms with E-state index in [0.717, 1.165) is 49.9 Å². The first-order valence-electron chi connectivity index (χ1n) is 11.6. The lowest BCUT2D eigenvalue weighted by molar-refractivity contribution is -0.660. The molecule has 0 saturated carbocycles. The fourth-order valence-electron chi connectivity index (χ4n) is 4.96. The van der Waals surface area contributed by atoms with Crippen LogP contribution in [0.1, 0.15) is 11.1 Å². The summed E-state index contributed by atoms with van der Waals surface area (Å²) in [6, 6.07) is 35.7. The highest BCUT2D eigenvalue weighted by molar-refractivity contribution is 6.13. The molecule has 0 amide bonds. The molecule has 3 nitrogen and oxygen atoms in total. The van der Waals surface area contributed by atoms with E-state index in [0.29, 0.717) is 5.56 Å². The number of nitrogens with zero attached hydrogens (tertiary/aromatic N) is 2. The first kappa shape index (κ1) is 20.9. The van der Waals surface area contributed by atoms with Gasteiger partial charge in [-0.3, -0.25) is 0 Å². The van der Waals surface area contributed by atoms with Crippen LogP contribution in [0.4, 0.5) is 0 Å². The lowest BCUT2D eigenvalue weighted by Crippen LogP contribution is -2.30. The molecule has 0 N–H and O–H groups in total. The van der Waals surface area contributed by atoms with Crippen LogP contribution in [0.3, 0.4) is 0 Å². The van der Waals surface area contributed by atoms with Crippen molar-refractivity contribution in [3.8, 4) is 39.6 Å².